The zero-order valence-corrected chi connectivity index (χ0v) is 13.0. The Labute approximate surface area is 124 Å². The van der Waals surface area contributed by atoms with Crippen molar-refractivity contribution in [1.82, 2.24) is 9.62 Å². The Kier molecular flexibility index (Phi) is 4.95. The van der Waals surface area contributed by atoms with E-state index in [1.165, 1.54) is 22.7 Å². The van der Waals surface area contributed by atoms with Gasteiger partial charge in [0.25, 0.3) is 0 Å². The maximum atomic E-state index is 13.2. The molecular weight excluding hydrogens is 298 g/mol. The van der Waals surface area contributed by atoms with Gasteiger partial charge >= 0.3 is 0 Å². The molecule has 1 N–H and O–H groups in total. The molecule has 21 heavy (non-hydrogen) atoms. The Morgan fingerprint density at radius 1 is 1.33 bits per heavy atom. The summed E-state index contributed by atoms with van der Waals surface area (Å²) in [5, 5.41) is 3.16. The van der Waals surface area contributed by atoms with E-state index in [0.717, 1.165) is 18.9 Å². The molecule has 7 heteroatoms. The number of sulfonamides is 1. The van der Waals surface area contributed by atoms with E-state index in [4.69, 9.17) is 0 Å². The molecule has 1 heterocycles. The van der Waals surface area contributed by atoms with Gasteiger partial charge in [-0.25, -0.2) is 17.2 Å². The first-order valence-corrected chi connectivity index (χ1v) is 8.78. The van der Waals surface area contributed by atoms with Gasteiger partial charge in [-0.1, -0.05) is 0 Å². The van der Waals surface area contributed by atoms with Gasteiger partial charge in [0.2, 0.25) is 10.0 Å². The van der Waals surface area contributed by atoms with Crippen LogP contribution >= 0.6 is 0 Å². The minimum atomic E-state index is -3.20. The van der Waals surface area contributed by atoms with E-state index >= 15 is 0 Å². The summed E-state index contributed by atoms with van der Waals surface area (Å²) in [5.41, 5.74) is 0.511. The van der Waals surface area contributed by atoms with Gasteiger partial charge in [-0.15, -0.1) is 0 Å². The molecule has 0 unspecified atom stereocenters. The summed E-state index contributed by atoms with van der Waals surface area (Å²) in [6.07, 6.45) is 2.84. The van der Waals surface area contributed by atoms with Gasteiger partial charge in [0, 0.05) is 31.2 Å². The van der Waals surface area contributed by atoms with Crippen molar-refractivity contribution in [3.05, 3.63) is 35.4 Å². The first-order valence-electron chi connectivity index (χ1n) is 6.93. The fraction of sp³-hybridized carbons (Fsp3) is 0.571. The van der Waals surface area contributed by atoms with Crippen molar-refractivity contribution in [3.63, 3.8) is 0 Å². The molecule has 0 radical (unpaired) electrons. The van der Waals surface area contributed by atoms with Crippen LogP contribution in [0.25, 0.3) is 0 Å². The lowest BCUT2D eigenvalue weighted by atomic mass is 10.1. The first-order chi connectivity index (χ1) is 9.77. The Hall–Kier alpha value is -1.05. The Morgan fingerprint density at radius 2 is 1.95 bits per heavy atom. The predicted octanol–water partition coefficient (Wildman–Crippen LogP) is 2.04. The summed E-state index contributed by atoms with van der Waals surface area (Å²) >= 11 is 0. The summed E-state index contributed by atoms with van der Waals surface area (Å²) < 4.78 is 51.2. The smallest absolute Gasteiger partial charge is 0.211 e. The third-order valence-corrected chi connectivity index (χ3v) is 5.13. The van der Waals surface area contributed by atoms with E-state index < -0.39 is 21.7 Å². The zero-order chi connectivity index (χ0) is 15.6. The fourth-order valence-corrected chi connectivity index (χ4v) is 3.89. The number of halogens is 2. The average molecular weight is 318 g/mol. The third-order valence-electron chi connectivity index (χ3n) is 3.79. The summed E-state index contributed by atoms with van der Waals surface area (Å²) in [7, 11) is -3.20. The van der Waals surface area contributed by atoms with Crippen molar-refractivity contribution in [1.29, 1.82) is 0 Å². The molecule has 1 fully saturated rings. The lowest BCUT2D eigenvalue weighted by Crippen LogP contribution is -2.41. The maximum Gasteiger partial charge on any atom is 0.211 e. The normalized spacial score (nSPS) is 21.6. The molecule has 0 bridgehead atoms. The van der Waals surface area contributed by atoms with Crippen LogP contribution in [0.5, 0.6) is 0 Å². The van der Waals surface area contributed by atoms with Crippen molar-refractivity contribution in [2.75, 3.05) is 19.3 Å². The minimum absolute atomic E-state index is 0.0964. The van der Waals surface area contributed by atoms with Gasteiger partial charge in [-0.2, -0.15) is 4.31 Å². The first kappa shape index (κ1) is 16.3. The lowest BCUT2D eigenvalue weighted by molar-refractivity contribution is 0.363. The van der Waals surface area contributed by atoms with Gasteiger partial charge in [-0.3, -0.25) is 0 Å². The molecule has 0 spiro atoms. The molecule has 1 aromatic carbocycles. The highest BCUT2D eigenvalue weighted by Gasteiger charge is 2.31. The summed E-state index contributed by atoms with van der Waals surface area (Å²) in [4.78, 5) is 0. The maximum absolute atomic E-state index is 13.2. The number of nitrogens with zero attached hydrogens (tertiary/aromatic N) is 1. The molecule has 2 atom stereocenters. The molecule has 1 aromatic rings. The van der Waals surface area contributed by atoms with Crippen LogP contribution in [0.15, 0.2) is 18.2 Å². The standard InChI is InChI=1S/C14H20F2N2O2S/c1-10(11-6-12(15)8-13(16)7-11)17-9-14-4-3-5-18(14)21(2,19)20/h6-8,10,14,17H,3-5,9H2,1-2H3/t10-,14-/m1/s1. The van der Waals surface area contributed by atoms with Crippen molar-refractivity contribution in [3.8, 4) is 0 Å². The second-order valence-electron chi connectivity index (χ2n) is 5.50. The summed E-state index contributed by atoms with van der Waals surface area (Å²) in [6.45, 7) is 2.80. The van der Waals surface area contributed by atoms with Crippen molar-refractivity contribution in [2.45, 2.75) is 31.8 Å². The molecule has 4 nitrogen and oxygen atoms in total. The number of hydrogen-bond acceptors (Lipinski definition) is 3. The van der Waals surface area contributed by atoms with Crippen molar-refractivity contribution < 1.29 is 17.2 Å². The van der Waals surface area contributed by atoms with Crippen LogP contribution in [-0.2, 0) is 10.0 Å². The Bertz CT molecular complexity index is 587. The van der Waals surface area contributed by atoms with Crippen LogP contribution in [0.3, 0.4) is 0 Å². The van der Waals surface area contributed by atoms with E-state index in [9.17, 15) is 17.2 Å². The molecule has 0 amide bonds. The second kappa shape index (κ2) is 6.37. The van der Waals surface area contributed by atoms with Gasteiger partial charge in [0.1, 0.15) is 11.6 Å². The molecular formula is C14H20F2N2O2S. The summed E-state index contributed by atoms with van der Waals surface area (Å²) in [5.74, 6) is -1.23. The largest absolute Gasteiger partial charge is 0.309 e. The van der Waals surface area contributed by atoms with Crippen LogP contribution in [-0.4, -0.2) is 38.1 Å². The topological polar surface area (TPSA) is 49.4 Å². The highest BCUT2D eigenvalue weighted by atomic mass is 32.2. The second-order valence-corrected chi connectivity index (χ2v) is 7.44. The lowest BCUT2D eigenvalue weighted by Gasteiger charge is -2.24. The fourth-order valence-electron chi connectivity index (χ4n) is 2.71. The quantitative estimate of drug-likeness (QED) is 0.904. The van der Waals surface area contributed by atoms with Gasteiger partial charge in [-0.05, 0) is 37.5 Å². The van der Waals surface area contributed by atoms with E-state index in [2.05, 4.69) is 5.32 Å². The van der Waals surface area contributed by atoms with Gasteiger partial charge < -0.3 is 5.32 Å². The zero-order valence-electron chi connectivity index (χ0n) is 12.1. The van der Waals surface area contributed by atoms with E-state index in [1.807, 2.05) is 0 Å². The van der Waals surface area contributed by atoms with E-state index in [0.29, 0.717) is 18.7 Å². The highest BCUT2D eigenvalue weighted by Crippen LogP contribution is 2.21. The SMILES string of the molecule is C[C@@H](NC[C@H]1CCCN1S(C)(=O)=O)c1cc(F)cc(F)c1. The van der Waals surface area contributed by atoms with Crippen molar-refractivity contribution >= 4 is 10.0 Å². The van der Waals surface area contributed by atoms with E-state index in [1.54, 1.807) is 6.92 Å². The Balaban J connectivity index is 1.99. The minimum Gasteiger partial charge on any atom is -0.309 e. The molecule has 0 saturated carbocycles. The molecule has 0 aromatic heterocycles. The molecule has 1 aliphatic heterocycles. The van der Waals surface area contributed by atoms with Crippen LogP contribution < -0.4 is 5.32 Å². The monoisotopic (exact) mass is 318 g/mol. The molecule has 2 rings (SSSR count). The van der Waals surface area contributed by atoms with Crippen molar-refractivity contribution in [2.24, 2.45) is 0 Å². The highest BCUT2D eigenvalue weighted by molar-refractivity contribution is 7.88. The Morgan fingerprint density at radius 3 is 2.52 bits per heavy atom. The van der Waals surface area contributed by atoms with Crippen LogP contribution in [0.1, 0.15) is 31.4 Å². The van der Waals surface area contributed by atoms with Gasteiger partial charge in [0.15, 0.2) is 0 Å². The molecule has 1 saturated heterocycles. The average Bonchev–Trinajstić information content (AvgIpc) is 2.82. The molecule has 0 aliphatic carbocycles. The van der Waals surface area contributed by atoms with E-state index in [-0.39, 0.29) is 12.1 Å². The third kappa shape index (κ3) is 4.21. The predicted molar refractivity (Wildman–Crippen MR) is 77.3 cm³/mol. The van der Waals surface area contributed by atoms with Crippen LogP contribution in [0.2, 0.25) is 0 Å². The number of hydrogen-bond donors (Lipinski definition) is 1. The number of nitrogens with one attached hydrogen (secondary N) is 1. The summed E-state index contributed by atoms with van der Waals surface area (Å²) in [6, 6.07) is 3.05. The number of benzene rings is 1. The molecule has 118 valence electrons. The van der Waals surface area contributed by atoms with Gasteiger partial charge in [0.05, 0.1) is 6.26 Å². The van der Waals surface area contributed by atoms with Crippen LogP contribution in [0.4, 0.5) is 8.78 Å². The van der Waals surface area contributed by atoms with Crippen LogP contribution in [0, 0.1) is 11.6 Å². The molecule has 1 aliphatic rings. The number of rotatable bonds is 5.